The molecule has 0 aliphatic carbocycles. The summed E-state index contributed by atoms with van der Waals surface area (Å²) in [5.41, 5.74) is 1.20. The summed E-state index contributed by atoms with van der Waals surface area (Å²) in [5, 5.41) is 5.99. The molecule has 1 heterocycles. The second kappa shape index (κ2) is 8.55. The predicted octanol–water partition coefficient (Wildman–Crippen LogP) is 3.82. The van der Waals surface area contributed by atoms with E-state index < -0.39 is 6.09 Å². The summed E-state index contributed by atoms with van der Waals surface area (Å²) in [4.78, 5) is 25.6. The van der Waals surface area contributed by atoms with E-state index in [2.05, 4.69) is 10.6 Å². The number of nitrogens with one attached hydrogen (secondary N) is 2. The number of hydrogen-bond acceptors (Lipinski definition) is 4. The van der Waals surface area contributed by atoms with Gasteiger partial charge in [-0.05, 0) is 48.5 Å². The van der Waals surface area contributed by atoms with Crippen molar-refractivity contribution >= 4 is 35.1 Å². The fourth-order valence-electron chi connectivity index (χ4n) is 2.34. The predicted molar refractivity (Wildman–Crippen MR) is 99.0 cm³/mol. The lowest BCUT2D eigenvalue weighted by Crippen LogP contribution is -2.42. The minimum absolute atomic E-state index is 0.384. The molecule has 7 nitrogen and oxygen atoms in total. The van der Waals surface area contributed by atoms with Crippen LogP contribution < -0.4 is 15.4 Å². The molecule has 0 saturated carbocycles. The van der Waals surface area contributed by atoms with Crippen molar-refractivity contribution in [1.29, 1.82) is 0 Å². The molecular formula is C18H18ClN3O4. The SMILES string of the molecule is O=C(Nc1ccc(Cl)cc1)Nc1ccc(OC(=O)N2CCOCC2)cc1. The molecule has 2 N–H and O–H groups in total. The van der Waals surface area contributed by atoms with Crippen LogP contribution in [0, 0.1) is 0 Å². The van der Waals surface area contributed by atoms with Crippen molar-refractivity contribution in [2.45, 2.75) is 0 Å². The molecule has 0 aromatic heterocycles. The highest BCUT2D eigenvalue weighted by Crippen LogP contribution is 2.18. The summed E-state index contributed by atoms with van der Waals surface area (Å²) in [6.07, 6.45) is -0.408. The van der Waals surface area contributed by atoms with E-state index in [1.54, 1.807) is 53.4 Å². The molecule has 3 rings (SSSR count). The van der Waals surface area contributed by atoms with Crippen molar-refractivity contribution in [3.63, 3.8) is 0 Å². The molecule has 0 radical (unpaired) electrons. The van der Waals surface area contributed by atoms with Crippen LogP contribution in [0.2, 0.25) is 5.02 Å². The summed E-state index contributed by atoms with van der Waals surface area (Å²) >= 11 is 5.80. The van der Waals surface area contributed by atoms with Crippen LogP contribution in [0.5, 0.6) is 5.75 Å². The Kier molecular flexibility index (Phi) is 5.93. The van der Waals surface area contributed by atoms with E-state index in [9.17, 15) is 9.59 Å². The second-order valence-corrected chi connectivity index (χ2v) is 6.01. The first-order valence-corrected chi connectivity index (χ1v) is 8.46. The number of ether oxygens (including phenoxy) is 2. The Morgan fingerprint density at radius 2 is 1.46 bits per heavy atom. The molecule has 0 atom stereocenters. The Bertz CT molecular complexity index is 759. The normalized spacial score (nSPS) is 13.8. The molecule has 0 spiro atoms. The lowest BCUT2D eigenvalue weighted by atomic mass is 10.3. The van der Waals surface area contributed by atoms with Crippen LogP contribution in [0.1, 0.15) is 0 Å². The van der Waals surface area contributed by atoms with E-state index in [1.165, 1.54) is 0 Å². The molecule has 26 heavy (non-hydrogen) atoms. The van der Waals surface area contributed by atoms with E-state index in [1.807, 2.05) is 0 Å². The number of morpholine rings is 1. The van der Waals surface area contributed by atoms with Gasteiger partial charge in [0, 0.05) is 29.5 Å². The third-order valence-corrected chi connectivity index (χ3v) is 3.94. The van der Waals surface area contributed by atoms with E-state index in [0.717, 1.165) is 0 Å². The van der Waals surface area contributed by atoms with E-state index >= 15 is 0 Å². The zero-order valence-electron chi connectivity index (χ0n) is 13.9. The number of anilines is 2. The number of nitrogens with zero attached hydrogens (tertiary/aromatic N) is 1. The van der Waals surface area contributed by atoms with E-state index in [0.29, 0.717) is 48.5 Å². The van der Waals surface area contributed by atoms with Crippen LogP contribution in [0.4, 0.5) is 21.0 Å². The third-order valence-electron chi connectivity index (χ3n) is 3.69. The number of urea groups is 1. The number of benzene rings is 2. The molecule has 2 aromatic carbocycles. The van der Waals surface area contributed by atoms with Gasteiger partial charge in [-0.2, -0.15) is 0 Å². The molecule has 0 bridgehead atoms. The zero-order valence-corrected chi connectivity index (χ0v) is 14.7. The van der Waals surface area contributed by atoms with Crippen LogP contribution in [0.15, 0.2) is 48.5 Å². The topological polar surface area (TPSA) is 79.9 Å². The third kappa shape index (κ3) is 5.11. The van der Waals surface area contributed by atoms with Gasteiger partial charge in [0.1, 0.15) is 5.75 Å². The van der Waals surface area contributed by atoms with Gasteiger partial charge in [-0.1, -0.05) is 11.6 Å². The van der Waals surface area contributed by atoms with Gasteiger partial charge in [-0.25, -0.2) is 9.59 Å². The number of amides is 3. The Morgan fingerprint density at radius 1 is 0.923 bits per heavy atom. The molecule has 8 heteroatoms. The molecule has 0 unspecified atom stereocenters. The number of rotatable bonds is 3. The Balaban J connectivity index is 1.51. The molecule has 1 saturated heterocycles. The number of carbonyl (C=O) groups is 2. The standard InChI is InChI=1S/C18H18ClN3O4/c19-13-1-3-14(4-2-13)20-17(23)21-15-5-7-16(8-6-15)26-18(24)22-9-11-25-12-10-22/h1-8H,9-12H2,(H2,20,21,23). The summed E-state index contributed by atoms with van der Waals surface area (Å²) in [5.74, 6) is 0.408. The zero-order chi connectivity index (χ0) is 18.4. The van der Waals surface area contributed by atoms with Crippen molar-refractivity contribution in [1.82, 2.24) is 4.90 Å². The lowest BCUT2D eigenvalue weighted by molar-refractivity contribution is 0.0416. The molecule has 1 aliphatic rings. The Morgan fingerprint density at radius 3 is 2.04 bits per heavy atom. The van der Waals surface area contributed by atoms with Gasteiger partial charge in [0.05, 0.1) is 13.2 Å². The maximum absolute atomic E-state index is 12.0. The maximum atomic E-state index is 12.0. The van der Waals surface area contributed by atoms with Crippen molar-refractivity contribution in [3.8, 4) is 5.75 Å². The quantitative estimate of drug-likeness (QED) is 0.854. The molecule has 1 fully saturated rings. The van der Waals surface area contributed by atoms with Crippen molar-refractivity contribution < 1.29 is 19.1 Å². The highest BCUT2D eigenvalue weighted by Gasteiger charge is 2.18. The lowest BCUT2D eigenvalue weighted by Gasteiger charge is -2.25. The number of carbonyl (C=O) groups excluding carboxylic acids is 2. The Labute approximate surface area is 155 Å². The summed E-state index contributed by atoms with van der Waals surface area (Å²) in [7, 11) is 0. The highest BCUT2D eigenvalue weighted by molar-refractivity contribution is 6.30. The van der Waals surface area contributed by atoms with Crippen molar-refractivity contribution in [2.75, 3.05) is 36.9 Å². The number of hydrogen-bond donors (Lipinski definition) is 2. The highest BCUT2D eigenvalue weighted by atomic mass is 35.5. The van der Waals surface area contributed by atoms with Crippen LogP contribution in [-0.4, -0.2) is 43.3 Å². The van der Waals surface area contributed by atoms with Crippen LogP contribution >= 0.6 is 11.6 Å². The van der Waals surface area contributed by atoms with Gasteiger partial charge in [-0.3, -0.25) is 0 Å². The molecule has 1 aliphatic heterocycles. The van der Waals surface area contributed by atoms with Gasteiger partial charge in [0.2, 0.25) is 0 Å². The van der Waals surface area contributed by atoms with Crippen LogP contribution in [0.25, 0.3) is 0 Å². The average molecular weight is 376 g/mol. The van der Waals surface area contributed by atoms with Crippen molar-refractivity contribution in [2.24, 2.45) is 0 Å². The van der Waals surface area contributed by atoms with Gasteiger partial charge < -0.3 is 25.0 Å². The summed E-state index contributed by atoms with van der Waals surface area (Å²) < 4.78 is 10.5. The average Bonchev–Trinajstić information content (AvgIpc) is 2.66. The molecular weight excluding hydrogens is 358 g/mol. The van der Waals surface area contributed by atoms with Gasteiger partial charge in [0.15, 0.2) is 0 Å². The number of halogens is 1. The van der Waals surface area contributed by atoms with E-state index in [4.69, 9.17) is 21.1 Å². The van der Waals surface area contributed by atoms with Crippen LogP contribution in [0.3, 0.4) is 0 Å². The van der Waals surface area contributed by atoms with Crippen LogP contribution in [-0.2, 0) is 4.74 Å². The first kappa shape index (κ1) is 18.0. The largest absolute Gasteiger partial charge is 0.415 e. The van der Waals surface area contributed by atoms with E-state index in [-0.39, 0.29) is 6.03 Å². The smallest absolute Gasteiger partial charge is 0.410 e. The first-order valence-electron chi connectivity index (χ1n) is 8.08. The molecule has 136 valence electrons. The molecule has 3 amide bonds. The van der Waals surface area contributed by atoms with Gasteiger partial charge in [0.25, 0.3) is 0 Å². The second-order valence-electron chi connectivity index (χ2n) is 5.58. The maximum Gasteiger partial charge on any atom is 0.415 e. The minimum Gasteiger partial charge on any atom is -0.410 e. The fourth-order valence-corrected chi connectivity index (χ4v) is 2.47. The molecule has 2 aromatic rings. The Hall–Kier alpha value is -2.77. The summed E-state index contributed by atoms with van der Waals surface area (Å²) in [6.45, 7) is 2.06. The fraction of sp³-hybridized carbons (Fsp3) is 0.222. The monoisotopic (exact) mass is 375 g/mol. The van der Waals surface area contributed by atoms with Gasteiger partial charge >= 0.3 is 12.1 Å². The minimum atomic E-state index is -0.408. The summed E-state index contributed by atoms with van der Waals surface area (Å²) in [6, 6.07) is 13.0. The first-order chi connectivity index (χ1) is 12.6. The van der Waals surface area contributed by atoms with Crippen molar-refractivity contribution in [3.05, 3.63) is 53.6 Å². The van der Waals surface area contributed by atoms with Gasteiger partial charge in [-0.15, -0.1) is 0 Å².